The van der Waals surface area contributed by atoms with Crippen LogP contribution >= 0.6 is 0 Å². The molecule has 1 saturated carbocycles. The molecular weight excluding hydrogens is 216 g/mol. The zero-order chi connectivity index (χ0) is 12.5. The highest BCUT2D eigenvalue weighted by atomic mass is 16.3. The van der Waals surface area contributed by atoms with E-state index in [0.717, 1.165) is 25.8 Å². The zero-order valence-electron chi connectivity index (χ0n) is 10.7. The predicted octanol–water partition coefficient (Wildman–Crippen LogP) is 0.735. The molecule has 1 saturated heterocycles. The molecule has 2 aliphatic rings. The van der Waals surface area contributed by atoms with E-state index in [-0.39, 0.29) is 24.0 Å². The topological polar surface area (TPSA) is 66.6 Å². The number of carbonyl (C=O) groups excluding carboxylic acids is 1. The zero-order valence-corrected chi connectivity index (χ0v) is 10.7. The van der Waals surface area contributed by atoms with Crippen molar-refractivity contribution in [1.29, 1.82) is 0 Å². The van der Waals surface area contributed by atoms with E-state index in [1.54, 1.807) is 0 Å². The number of rotatable bonds is 4. The van der Waals surface area contributed by atoms with Crippen LogP contribution in [0.5, 0.6) is 0 Å². The molecule has 3 N–H and O–H groups in total. The first-order valence-electron chi connectivity index (χ1n) is 6.72. The Morgan fingerprint density at radius 3 is 2.71 bits per heavy atom. The number of hydrogen-bond donors (Lipinski definition) is 2. The van der Waals surface area contributed by atoms with Crippen molar-refractivity contribution in [1.82, 2.24) is 4.90 Å². The van der Waals surface area contributed by atoms with Gasteiger partial charge < -0.3 is 15.7 Å². The number of amides is 1. The van der Waals surface area contributed by atoms with E-state index in [9.17, 15) is 9.90 Å². The standard InChI is InChI=1S/C13H24N2O2/c1-10-3-6-15(11(10)8-16)12(17)7-13(9-14)4-2-5-13/h10-11,16H,2-9,14H2,1H3. The third-order valence-corrected chi connectivity index (χ3v) is 4.76. The number of aliphatic hydroxyl groups is 1. The summed E-state index contributed by atoms with van der Waals surface area (Å²) in [5.41, 5.74) is 5.86. The van der Waals surface area contributed by atoms with Gasteiger partial charge in [0, 0.05) is 13.0 Å². The largest absolute Gasteiger partial charge is 0.394 e. The average Bonchev–Trinajstić information content (AvgIpc) is 2.64. The van der Waals surface area contributed by atoms with Crippen LogP contribution in [0.4, 0.5) is 0 Å². The molecule has 0 aromatic heterocycles. The predicted molar refractivity (Wildman–Crippen MR) is 66.3 cm³/mol. The minimum atomic E-state index is 0.0254. The molecule has 4 nitrogen and oxygen atoms in total. The molecule has 1 aliphatic heterocycles. The lowest BCUT2D eigenvalue weighted by molar-refractivity contribution is -0.137. The molecule has 2 fully saturated rings. The second-order valence-electron chi connectivity index (χ2n) is 5.84. The van der Waals surface area contributed by atoms with Gasteiger partial charge in [-0.15, -0.1) is 0 Å². The van der Waals surface area contributed by atoms with Gasteiger partial charge in [-0.3, -0.25) is 4.79 Å². The molecule has 1 heterocycles. The quantitative estimate of drug-likeness (QED) is 0.761. The fourth-order valence-electron chi connectivity index (χ4n) is 3.15. The van der Waals surface area contributed by atoms with Crippen molar-refractivity contribution in [3.63, 3.8) is 0 Å². The maximum absolute atomic E-state index is 12.3. The number of nitrogens with two attached hydrogens (primary N) is 1. The molecule has 0 radical (unpaired) electrons. The first-order chi connectivity index (χ1) is 8.12. The van der Waals surface area contributed by atoms with Crippen LogP contribution in [0.25, 0.3) is 0 Å². The number of carbonyl (C=O) groups is 1. The molecule has 1 aliphatic carbocycles. The van der Waals surface area contributed by atoms with E-state index in [0.29, 0.717) is 18.9 Å². The van der Waals surface area contributed by atoms with Crippen LogP contribution in [-0.4, -0.2) is 41.7 Å². The Hall–Kier alpha value is -0.610. The third-order valence-electron chi connectivity index (χ3n) is 4.76. The minimum Gasteiger partial charge on any atom is -0.394 e. The van der Waals surface area contributed by atoms with E-state index in [1.807, 2.05) is 4.90 Å². The van der Waals surface area contributed by atoms with Crippen molar-refractivity contribution in [2.45, 2.75) is 45.1 Å². The fraction of sp³-hybridized carbons (Fsp3) is 0.923. The molecule has 0 aromatic rings. The SMILES string of the molecule is CC1CCN(C(=O)CC2(CN)CCC2)C1CO. The highest BCUT2D eigenvalue weighted by Crippen LogP contribution is 2.43. The van der Waals surface area contributed by atoms with Crippen LogP contribution < -0.4 is 5.73 Å². The fourth-order valence-corrected chi connectivity index (χ4v) is 3.15. The molecule has 17 heavy (non-hydrogen) atoms. The summed E-state index contributed by atoms with van der Waals surface area (Å²) in [5.74, 6) is 0.609. The molecule has 0 spiro atoms. The van der Waals surface area contributed by atoms with Gasteiger partial charge in [0.05, 0.1) is 12.6 Å². The maximum atomic E-state index is 12.3. The summed E-state index contributed by atoms with van der Waals surface area (Å²) in [7, 11) is 0. The van der Waals surface area contributed by atoms with Crippen LogP contribution in [0.2, 0.25) is 0 Å². The minimum absolute atomic E-state index is 0.0254. The van der Waals surface area contributed by atoms with Crippen molar-refractivity contribution in [3.05, 3.63) is 0 Å². The second kappa shape index (κ2) is 4.94. The summed E-state index contributed by atoms with van der Waals surface area (Å²) in [6, 6.07) is 0.0254. The smallest absolute Gasteiger partial charge is 0.223 e. The van der Waals surface area contributed by atoms with Gasteiger partial charge in [-0.25, -0.2) is 0 Å². The van der Waals surface area contributed by atoms with Crippen LogP contribution in [0.15, 0.2) is 0 Å². The van der Waals surface area contributed by atoms with E-state index >= 15 is 0 Å². The summed E-state index contributed by atoms with van der Waals surface area (Å²) in [4.78, 5) is 14.2. The normalized spacial score (nSPS) is 31.4. The van der Waals surface area contributed by atoms with Crippen molar-refractivity contribution in [3.8, 4) is 0 Å². The van der Waals surface area contributed by atoms with Crippen molar-refractivity contribution >= 4 is 5.91 Å². The first-order valence-corrected chi connectivity index (χ1v) is 6.72. The molecule has 0 aromatic carbocycles. The van der Waals surface area contributed by atoms with Gasteiger partial charge in [0.15, 0.2) is 0 Å². The number of likely N-dealkylation sites (tertiary alicyclic amines) is 1. The van der Waals surface area contributed by atoms with Gasteiger partial charge in [-0.1, -0.05) is 13.3 Å². The lowest BCUT2D eigenvalue weighted by atomic mass is 9.66. The lowest BCUT2D eigenvalue weighted by Crippen LogP contribution is -2.46. The number of nitrogens with zero attached hydrogens (tertiary/aromatic N) is 1. The third kappa shape index (κ3) is 2.33. The van der Waals surface area contributed by atoms with Gasteiger partial charge in [0.25, 0.3) is 0 Å². The Labute approximate surface area is 103 Å². The Morgan fingerprint density at radius 1 is 1.53 bits per heavy atom. The van der Waals surface area contributed by atoms with E-state index in [1.165, 1.54) is 6.42 Å². The molecule has 1 amide bonds. The van der Waals surface area contributed by atoms with E-state index in [2.05, 4.69) is 6.92 Å². The Kier molecular flexibility index (Phi) is 3.73. The van der Waals surface area contributed by atoms with E-state index in [4.69, 9.17) is 5.73 Å². The molecular formula is C13H24N2O2. The molecule has 2 unspecified atom stereocenters. The lowest BCUT2D eigenvalue weighted by Gasteiger charge is -2.41. The van der Waals surface area contributed by atoms with Crippen molar-refractivity contribution < 1.29 is 9.90 Å². The summed E-state index contributed by atoms with van der Waals surface area (Å²) in [6.07, 6.45) is 4.95. The Bertz CT molecular complexity index is 284. The Balaban J connectivity index is 1.95. The first kappa shape index (κ1) is 12.8. The monoisotopic (exact) mass is 240 g/mol. The van der Waals surface area contributed by atoms with Crippen LogP contribution in [-0.2, 0) is 4.79 Å². The van der Waals surface area contributed by atoms with Gasteiger partial charge in [-0.05, 0) is 37.1 Å². The summed E-state index contributed by atoms with van der Waals surface area (Å²) in [5, 5.41) is 9.36. The van der Waals surface area contributed by atoms with Crippen LogP contribution in [0.1, 0.15) is 39.0 Å². The number of aliphatic hydroxyl groups excluding tert-OH is 1. The molecule has 2 rings (SSSR count). The average molecular weight is 240 g/mol. The van der Waals surface area contributed by atoms with Gasteiger partial charge >= 0.3 is 0 Å². The van der Waals surface area contributed by atoms with Gasteiger partial charge in [0.2, 0.25) is 5.91 Å². The highest BCUT2D eigenvalue weighted by molar-refractivity contribution is 5.77. The molecule has 2 atom stereocenters. The summed E-state index contributed by atoms with van der Waals surface area (Å²) in [6.45, 7) is 3.61. The van der Waals surface area contributed by atoms with Crippen LogP contribution in [0.3, 0.4) is 0 Å². The Morgan fingerprint density at radius 2 is 2.24 bits per heavy atom. The second-order valence-corrected chi connectivity index (χ2v) is 5.84. The van der Waals surface area contributed by atoms with Crippen LogP contribution in [0, 0.1) is 11.3 Å². The summed E-state index contributed by atoms with van der Waals surface area (Å²) >= 11 is 0. The number of hydrogen-bond acceptors (Lipinski definition) is 3. The summed E-state index contributed by atoms with van der Waals surface area (Å²) < 4.78 is 0. The molecule has 0 bridgehead atoms. The van der Waals surface area contributed by atoms with Gasteiger partial charge in [-0.2, -0.15) is 0 Å². The molecule has 4 heteroatoms. The maximum Gasteiger partial charge on any atom is 0.223 e. The van der Waals surface area contributed by atoms with Crippen molar-refractivity contribution in [2.24, 2.45) is 17.1 Å². The highest BCUT2D eigenvalue weighted by Gasteiger charge is 2.41. The molecule has 98 valence electrons. The van der Waals surface area contributed by atoms with Crippen molar-refractivity contribution in [2.75, 3.05) is 19.7 Å². The van der Waals surface area contributed by atoms with Gasteiger partial charge in [0.1, 0.15) is 0 Å². The van der Waals surface area contributed by atoms with E-state index < -0.39 is 0 Å².